The van der Waals surface area contributed by atoms with Crippen LogP contribution in [0.25, 0.3) is 0 Å². The molecule has 1 atom stereocenters. The minimum Gasteiger partial charge on any atom is -0.320 e. The minimum atomic E-state index is -0.846. The van der Waals surface area contributed by atoms with Crippen molar-refractivity contribution in [1.29, 1.82) is 0 Å². The lowest BCUT2D eigenvalue weighted by Gasteiger charge is -2.12. The Morgan fingerprint density at radius 3 is 2.56 bits per heavy atom. The third kappa shape index (κ3) is 1.86. The van der Waals surface area contributed by atoms with Crippen molar-refractivity contribution in [2.75, 3.05) is 0 Å². The molecule has 1 nitrogen and oxygen atoms in total. The van der Waals surface area contributed by atoms with Crippen molar-refractivity contribution in [3.63, 3.8) is 0 Å². The first-order chi connectivity index (χ1) is 7.61. The molecule has 0 aliphatic heterocycles. The Morgan fingerprint density at radius 2 is 1.94 bits per heavy atom. The molecule has 2 rings (SSSR count). The summed E-state index contributed by atoms with van der Waals surface area (Å²) < 4.78 is 27.0. The van der Waals surface area contributed by atoms with Crippen LogP contribution in [0.4, 0.5) is 8.78 Å². The first kappa shape index (κ1) is 11.2. The Balaban J connectivity index is 2.45. The molecule has 0 radical (unpaired) electrons. The molecule has 0 bridgehead atoms. The van der Waals surface area contributed by atoms with Crippen molar-refractivity contribution in [3.8, 4) is 0 Å². The van der Waals surface area contributed by atoms with Gasteiger partial charge in [0, 0.05) is 10.4 Å². The lowest BCUT2D eigenvalue weighted by molar-refractivity contribution is 0.490. The number of hydrogen-bond acceptors (Lipinski definition) is 2. The fourth-order valence-electron chi connectivity index (χ4n) is 1.52. The van der Waals surface area contributed by atoms with Crippen molar-refractivity contribution in [1.82, 2.24) is 0 Å². The number of thiophene rings is 1. The van der Waals surface area contributed by atoms with Crippen LogP contribution in [0, 0.1) is 18.6 Å². The predicted molar refractivity (Wildman–Crippen MR) is 61.4 cm³/mol. The summed E-state index contributed by atoms with van der Waals surface area (Å²) in [6.07, 6.45) is 0. The first-order valence-corrected chi connectivity index (χ1v) is 5.72. The summed E-state index contributed by atoms with van der Waals surface area (Å²) in [5, 5.41) is 1.86. The summed E-state index contributed by atoms with van der Waals surface area (Å²) in [5.74, 6) is -1.66. The molecule has 1 unspecified atom stereocenters. The standard InChI is InChI=1S/C12H11F2NS/c1-7-4-5-8(11(14)10(7)13)12(15)9-3-2-6-16-9/h2-6,12H,15H2,1H3. The molecule has 2 N–H and O–H groups in total. The molecule has 0 aliphatic carbocycles. The van der Waals surface area contributed by atoms with Gasteiger partial charge in [0.15, 0.2) is 11.6 Å². The van der Waals surface area contributed by atoms with Gasteiger partial charge < -0.3 is 5.73 Å². The van der Waals surface area contributed by atoms with Crippen LogP contribution >= 0.6 is 11.3 Å². The van der Waals surface area contributed by atoms with Crippen LogP contribution in [0.5, 0.6) is 0 Å². The highest BCUT2D eigenvalue weighted by atomic mass is 32.1. The molecule has 0 fully saturated rings. The van der Waals surface area contributed by atoms with Crippen molar-refractivity contribution in [2.24, 2.45) is 5.73 Å². The van der Waals surface area contributed by atoms with Gasteiger partial charge in [-0.25, -0.2) is 8.78 Å². The first-order valence-electron chi connectivity index (χ1n) is 4.84. The summed E-state index contributed by atoms with van der Waals surface area (Å²) in [7, 11) is 0. The van der Waals surface area contributed by atoms with E-state index in [0.29, 0.717) is 5.56 Å². The van der Waals surface area contributed by atoms with E-state index in [1.807, 2.05) is 17.5 Å². The molecule has 2 aromatic rings. The van der Waals surface area contributed by atoms with Gasteiger partial charge in [-0.3, -0.25) is 0 Å². The lowest BCUT2D eigenvalue weighted by Crippen LogP contribution is -2.13. The van der Waals surface area contributed by atoms with E-state index in [1.165, 1.54) is 24.3 Å². The van der Waals surface area contributed by atoms with Crippen molar-refractivity contribution < 1.29 is 8.78 Å². The molecular weight excluding hydrogens is 228 g/mol. The smallest absolute Gasteiger partial charge is 0.164 e. The topological polar surface area (TPSA) is 26.0 Å². The van der Waals surface area contributed by atoms with E-state index in [1.54, 1.807) is 6.07 Å². The molecule has 1 aromatic carbocycles. The zero-order chi connectivity index (χ0) is 11.7. The van der Waals surface area contributed by atoms with Gasteiger partial charge in [-0.1, -0.05) is 18.2 Å². The summed E-state index contributed by atoms with van der Waals surface area (Å²) in [6, 6.07) is 6.13. The Hall–Kier alpha value is -1.26. The number of nitrogens with two attached hydrogens (primary N) is 1. The van der Waals surface area contributed by atoms with Crippen LogP contribution in [-0.2, 0) is 0 Å². The second-order valence-corrected chi connectivity index (χ2v) is 4.57. The van der Waals surface area contributed by atoms with E-state index in [-0.39, 0.29) is 5.56 Å². The highest BCUT2D eigenvalue weighted by Crippen LogP contribution is 2.27. The Morgan fingerprint density at radius 1 is 1.19 bits per heavy atom. The lowest BCUT2D eigenvalue weighted by atomic mass is 10.0. The van der Waals surface area contributed by atoms with Gasteiger partial charge in [-0.2, -0.15) is 0 Å². The maximum absolute atomic E-state index is 13.7. The van der Waals surface area contributed by atoms with Crippen LogP contribution in [0.3, 0.4) is 0 Å². The van der Waals surface area contributed by atoms with Gasteiger partial charge >= 0.3 is 0 Å². The summed E-state index contributed by atoms with van der Waals surface area (Å²) in [6.45, 7) is 1.53. The molecular formula is C12H11F2NS. The highest BCUT2D eigenvalue weighted by Gasteiger charge is 2.18. The summed E-state index contributed by atoms with van der Waals surface area (Å²) >= 11 is 1.43. The zero-order valence-corrected chi connectivity index (χ0v) is 9.52. The molecule has 1 heterocycles. The van der Waals surface area contributed by atoms with Crippen LogP contribution in [0.2, 0.25) is 0 Å². The molecule has 0 aliphatic rings. The Labute approximate surface area is 96.5 Å². The molecule has 0 saturated carbocycles. The fourth-order valence-corrected chi connectivity index (χ4v) is 2.27. The number of hydrogen-bond donors (Lipinski definition) is 1. The van der Waals surface area contributed by atoms with E-state index >= 15 is 0 Å². The van der Waals surface area contributed by atoms with Crippen molar-refractivity contribution >= 4 is 11.3 Å². The summed E-state index contributed by atoms with van der Waals surface area (Å²) in [5.41, 5.74) is 6.38. The van der Waals surface area contributed by atoms with Gasteiger partial charge in [-0.15, -0.1) is 11.3 Å². The van der Waals surface area contributed by atoms with Crippen LogP contribution in [0.1, 0.15) is 22.0 Å². The quantitative estimate of drug-likeness (QED) is 0.854. The van der Waals surface area contributed by atoms with Gasteiger partial charge in [-0.05, 0) is 23.9 Å². The van der Waals surface area contributed by atoms with Gasteiger partial charge in [0.2, 0.25) is 0 Å². The largest absolute Gasteiger partial charge is 0.320 e. The minimum absolute atomic E-state index is 0.200. The van der Waals surface area contributed by atoms with Gasteiger partial charge in [0.05, 0.1) is 6.04 Å². The van der Waals surface area contributed by atoms with E-state index in [0.717, 1.165) is 4.88 Å². The Kier molecular flexibility index (Phi) is 3.03. The molecule has 16 heavy (non-hydrogen) atoms. The van der Waals surface area contributed by atoms with E-state index in [4.69, 9.17) is 5.73 Å². The molecule has 4 heteroatoms. The molecule has 1 aromatic heterocycles. The maximum atomic E-state index is 13.7. The molecule has 0 saturated heterocycles. The van der Waals surface area contributed by atoms with Crippen molar-refractivity contribution in [2.45, 2.75) is 13.0 Å². The zero-order valence-electron chi connectivity index (χ0n) is 8.71. The van der Waals surface area contributed by atoms with E-state index in [9.17, 15) is 8.78 Å². The number of rotatable bonds is 2. The van der Waals surface area contributed by atoms with Crippen molar-refractivity contribution in [3.05, 3.63) is 57.3 Å². The molecule has 0 spiro atoms. The normalized spacial score (nSPS) is 12.8. The molecule has 84 valence electrons. The fraction of sp³-hybridized carbons (Fsp3) is 0.167. The Bertz CT molecular complexity index is 494. The monoisotopic (exact) mass is 239 g/mol. The van der Waals surface area contributed by atoms with E-state index in [2.05, 4.69) is 0 Å². The van der Waals surface area contributed by atoms with E-state index < -0.39 is 17.7 Å². The molecule has 0 amide bonds. The van der Waals surface area contributed by atoms with Gasteiger partial charge in [0.25, 0.3) is 0 Å². The second kappa shape index (κ2) is 4.31. The SMILES string of the molecule is Cc1ccc(C(N)c2cccs2)c(F)c1F. The third-order valence-electron chi connectivity index (χ3n) is 2.49. The van der Waals surface area contributed by atoms with Crippen LogP contribution < -0.4 is 5.73 Å². The van der Waals surface area contributed by atoms with Crippen LogP contribution in [0.15, 0.2) is 29.6 Å². The average Bonchev–Trinajstić information content (AvgIpc) is 2.79. The predicted octanol–water partition coefficient (Wildman–Crippen LogP) is 3.38. The maximum Gasteiger partial charge on any atom is 0.164 e. The number of halogens is 2. The summed E-state index contributed by atoms with van der Waals surface area (Å²) in [4.78, 5) is 0.821. The van der Waals surface area contributed by atoms with Crippen LogP contribution in [-0.4, -0.2) is 0 Å². The third-order valence-corrected chi connectivity index (χ3v) is 3.45. The highest BCUT2D eigenvalue weighted by molar-refractivity contribution is 7.10. The van der Waals surface area contributed by atoms with Gasteiger partial charge in [0.1, 0.15) is 0 Å². The second-order valence-electron chi connectivity index (χ2n) is 3.59. The number of aryl methyl sites for hydroxylation is 1. The average molecular weight is 239 g/mol. The number of benzene rings is 1.